The molecule has 0 aliphatic heterocycles. The van der Waals surface area contributed by atoms with Crippen LogP contribution in [0.4, 0.5) is 0 Å². The van der Waals surface area contributed by atoms with Gasteiger partial charge in [0.05, 0.1) is 5.02 Å². The Morgan fingerprint density at radius 1 is 1.62 bits per heavy atom. The zero-order valence-electron chi connectivity index (χ0n) is 6.20. The van der Waals surface area contributed by atoms with Crippen LogP contribution in [0.3, 0.4) is 0 Å². The van der Waals surface area contributed by atoms with Gasteiger partial charge in [0.15, 0.2) is 5.15 Å². The molecule has 70 valence electrons. The van der Waals surface area contributed by atoms with Crippen molar-refractivity contribution in [1.29, 1.82) is 0 Å². The van der Waals surface area contributed by atoms with Gasteiger partial charge in [0.2, 0.25) is 0 Å². The summed E-state index contributed by atoms with van der Waals surface area (Å²) >= 11 is 10.9. The van der Waals surface area contributed by atoms with Crippen LogP contribution in [0.2, 0.25) is 10.2 Å². The number of rotatable bonds is 2. The first-order valence-corrected chi connectivity index (χ1v) is 3.91. The van der Waals surface area contributed by atoms with E-state index < -0.39 is 18.1 Å². The van der Waals surface area contributed by atoms with E-state index >= 15 is 0 Å². The maximum Gasteiger partial charge on any atom is 0.325 e. The van der Waals surface area contributed by atoms with Gasteiger partial charge in [-0.1, -0.05) is 23.2 Å². The van der Waals surface area contributed by atoms with Crippen molar-refractivity contribution in [2.24, 2.45) is 0 Å². The van der Waals surface area contributed by atoms with E-state index in [1.54, 1.807) is 0 Å². The van der Waals surface area contributed by atoms with Crippen molar-refractivity contribution in [2.45, 2.75) is 6.54 Å². The zero-order chi connectivity index (χ0) is 10.0. The Morgan fingerprint density at radius 3 is 2.77 bits per heavy atom. The molecule has 7 heteroatoms. The Kier molecular flexibility index (Phi) is 2.90. The van der Waals surface area contributed by atoms with Gasteiger partial charge < -0.3 is 5.11 Å². The maximum absolute atomic E-state index is 11.0. The third-order valence-electron chi connectivity index (χ3n) is 1.20. The summed E-state index contributed by atoms with van der Waals surface area (Å²) in [6, 6.07) is 1.01. The zero-order valence-corrected chi connectivity index (χ0v) is 7.71. The van der Waals surface area contributed by atoms with Crippen molar-refractivity contribution in [3.8, 4) is 0 Å². The molecule has 0 amide bonds. The Hall–Kier alpha value is -1.07. The first kappa shape index (κ1) is 10.0. The molecule has 0 fully saturated rings. The molecule has 0 radical (unpaired) electrons. The standard InChI is InChI=1S/C6H4Cl2N2O3/c7-3-1-4(11)10(2-5(12)13)9-6(3)8/h1H,2H2,(H,12,13). The van der Waals surface area contributed by atoms with Crippen molar-refractivity contribution in [2.75, 3.05) is 0 Å². The highest BCUT2D eigenvalue weighted by molar-refractivity contribution is 6.41. The van der Waals surface area contributed by atoms with E-state index in [0.29, 0.717) is 0 Å². The molecule has 1 rings (SSSR count). The van der Waals surface area contributed by atoms with Crippen molar-refractivity contribution >= 4 is 29.2 Å². The third kappa shape index (κ3) is 2.43. The van der Waals surface area contributed by atoms with Crippen molar-refractivity contribution in [3.63, 3.8) is 0 Å². The first-order valence-electron chi connectivity index (χ1n) is 3.15. The van der Waals surface area contributed by atoms with Crippen LogP contribution >= 0.6 is 23.2 Å². The summed E-state index contributed by atoms with van der Waals surface area (Å²) in [6.07, 6.45) is 0. The van der Waals surface area contributed by atoms with Crippen molar-refractivity contribution in [1.82, 2.24) is 9.78 Å². The minimum absolute atomic E-state index is 0.00769. The molecule has 5 nitrogen and oxygen atoms in total. The molecule has 1 heterocycles. The lowest BCUT2D eigenvalue weighted by Gasteiger charge is -2.00. The average Bonchev–Trinajstić information content (AvgIpc) is 1.99. The Labute approximate surface area is 82.5 Å². The van der Waals surface area contributed by atoms with Crippen LogP contribution in [0.1, 0.15) is 0 Å². The molecule has 1 aromatic rings. The summed E-state index contributed by atoms with van der Waals surface area (Å²) in [7, 11) is 0. The molecule has 1 N–H and O–H groups in total. The van der Waals surface area contributed by atoms with Crippen LogP contribution < -0.4 is 5.56 Å². The molecular formula is C6H4Cl2N2O3. The summed E-state index contributed by atoms with van der Waals surface area (Å²) in [5.41, 5.74) is -0.600. The van der Waals surface area contributed by atoms with E-state index in [4.69, 9.17) is 28.3 Å². The lowest BCUT2D eigenvalue weighted by molar-refractivity contribution is -0.138. The van der Waals surface area contributed by atoms with Crippen LogP contribution in [0.25, 0.3) is 0 Å². The number of aromatic nitrogens is 2. The maximum atomic E-state index is 11.0. The molecule has 13 heavy (non-hydrogen) atoms. The predicted octanol–water partition coefficient (Wildman–Crippen LogP) is 0.635. The minimum Gasteiger partial charge on any atom is -0.480 e. The number of carboxylic acids is 1. The number of nitrogens with zero attached hydrogens (tertiary/aromatic N) is 2. The molecule has 0 unspecified atom stereocenters. The second-order valence-electron chi connectivity index (χ2n) is 2.17. The highest BCUT2D eigenvalue weighted by atomic mass is 35.5. The molecule has 0 atom stereocenters. The van der Waals surface area contributed by atoms with E-state index in [0.717, 1.165) is 10.7 Å². The van der Waals surface area contributed by atoms with E-state index in [1.165, 1.54) is 0 Å². The Balaban J connectivity index is 3.16. The average molecular weight is 223 g/mol. The number of hydrogen-bond acceptors (Lipinski definition) is 3. The van der Waals surface area contributed by atoms with Crippen LogP contribution in [-0.4, -0.2) is 20.9 Å². The molecule has 0 aliphatic rings. The molecule has 0 saturated heterocycles. The number of carboxylic acid groups (broad SMARTS) is 1. The van der Waals surface area contributed by atoms with E-state index in [2.05, 4.69) is 5.10 Å². The molecule has 0 aliphatic carbocycles. The molecule has 0 bridgehead atoms. The van der Waals surface area contributed by atoms with Gasteiger partial charge in [-0.25, -0.2) is 4.68 Å². The number of hydrogen-bond donors (Lipinski definition) is 1. The normalized spacial score (nSPS) is 10.0. The van der Waals surface area contributed by atoms with Gasteiger partial charge in [-0.2, -0.15) is 5.10 Å². The number of halogens is 2. The van der Waals surface area contributed by atoms with E-state index in [1.807, 2.05) is 0 Å². The van der Waals surface area contributed by atoms with Gasteiger partial charge in [-0.15, -0.1) is 0 Å². The van der Waals surface area contributed by atoms with Gasteiger partial charge in [-0.3, -0.25) is 9.59 Å². The van der Waals surface area contributed by atoms with Gasteiger partial charge >= 0.3 is 5.97 Å². The quantitative estimate of drug-likeness (QED) is 0.798. The van der Waals surface area contributed by atoms with Crippen LogP contribution in [0.5, 0.6) is 0 Å². The smallest absolute Gasteiger partial charge is 0.325 e. The van der Waals surface area contributed by atoms with Gasteiger partial charge in [0.1, 0.15) is 6.54 Å². The largest absolute Gasteiger partial charge is 0.480 e. The number of aliphatic carboxylic acids is 1. The Bertz CT molecular complexity index is 401. The first-order chi connectivity index (χ1) is 6.00. The lowest BCUT2D eigenvalue weighted by Crippen LogP contribution is -2.25. The summed E-state index contributed by atoms with van der Waals surface area (Å²) in [4.78, 5) is 21.3. The number of carbonyl (C=O) groups is 1. The molecule has 0 spiro atoms. The summed E-state index contributed by atoms with van der Waals surface area (Å²) < 4.78 is 0.719. The summed E-state index contributed by atoms with van der Waals surface area (Å²) in [5, 5.41) is 11.8. The highest BCUT2D eigenvalue weighted by Gasteiger charge is 2.07. The SMILES string of the molecule is O=C(O)Cn1nc(Cl)c(Cl)cc1=O. The monoisotopic (exact) mass is 222 g/mol. The molecular weight excluding hydrogens is 219 g/mol. The summed E-state index contributed by atoms with van der Waals surface area (Å²) in [5.74, 6) is -1.17. The van der Waals surface area contributed by atoms with Gasteiger partial charge in [0, 0.05) is 6.07 Å². The molecule has 0 aromatic carbocycles. The van der Waals surface area contributed by atoms with Crippen molar-refractivity contribution < 1.29 is 9.90 Å². The topological polar surface area (TPSA) is 72.2 Å². The van der Waals surface area contributed by atoms with E-state index in [-0.39, 0.29) is 10.2 Å². The highest BCUT2D eigenvalue weighted by Crippen LogP contribution is 2.14. The predicted molar refractivity (Wildman–Crippen MR) is 46.2 cm³/mol. The van der Waals surface area contributed by atoms with Crippen LogP contribution in [-0.2, 0) is 11.3 Å². The van der Waals surface area contributed by atoms with Crippen LogP contribution in [0.15, 0.2) is 10.9 Å². The second kappa shape index (κ2) is 3.76. The fourth-order valence-electron chi connectivity index (χ4n) is 0.687. The fraction of sp³-hybridized carbons (Fsp3) is 0.167. The molecule has 0 saturated carbocycles. The second-order valence-corrected chi connectivity index (χ2v) is 2.94. The van der Waals surface area contributed by atoms with E-state index in [9.17, 15) is 9.59 Å². The lowest BCUT2D eigenvalue weighted by atomic mass is 10.5. The Morgan fingerprint density at radius 2 is 2.23 bits per heavy atom. The fourth-order valence-corrected chi connectivity index (χ4v) is 0.964. The van der Waals surface area contributed by atoms with Crippen LogP contribution in [0, 0.1) is 0 Å². The summed E-state index contributed by atoms with van der Waals surface area (Å²) in [6.45, 7) is -0.532. The van der Waals surface area contributed by atoms with Crippen molar-refractivity contribution in [3.05, 3.63) is 26.6 Å². The molecule has 1 aromatic heterocycles. The van der Waals surface area contributed by atoms with Gasteiger partial charge in [-0.05, 0) is 0 Å². The van der Waals surface area contributed by atoms with Gasteiger partial charge in [0.25, 0.3) is 5.56 Å². The minimum atomic E-state index is -1.17. The third-order valence-corrected chi connectivity index (χ3v) is 1.86.